The van der Waals surface area contributed by atoms with Gasteiger partial charge in [0.1, 0.15) is 0 Å². The van der Waals surface area contributed by atoms with E-state index < -0.39 is 6.04 Å². The molecular weight excluding hydrogens is 272 g/mol. The molecule has 0 bridgehead atoms. The number of likely N-dealkylation sites (N-methyl/N-ethyl adjacent to an activating group) is 1. The van der Waals surface area contributed by atoms with E-state index in [0.717, 1.165) is 12.1 Å². The molecule has 2 N–H and O–H groups in total. The van der Waals surface area contributed by atoms with Crippen molar-refractivity contribution in [3.8, 4) is 0 Å². The van der Waals surface area contributed by atoms with Gasteiger partial charge in [-0.15, -0.1) is 12.4 Å². The van der Waals surface area contributed by atoms with Gasteiger partial charge in [-0.2, -0.15) is 0 Å². The molecule has 1 aromatic carbocycles. The average molecular weight is 297 g/mol. The van der Waals surface area contributed by atoms with Crippen molar-refractivity contribution in [3.63, 3.8) is 0 Å². The van der Waals surface area contributed by atoms with E-state index in [2.05, 4.69) is 0 Å². The summed E-state index contributed by atoms with van der Waals surface area (Å²) < 4.78 is 0. The molecule has 112 valence electrons. The van der Waals surface area contributed by atoms with E-state index in [4.69, 9.17) is 5.73 Å². The lowest BCUT2D eigenvalue weighted by atomic mass is 10.0. The van der Waals surface area contributed by atoms with E-state index in [1.807, 2.05) is 42.3 Å². The van der Waals surface area contributed by atoms with Crippen LogP contribution in [0.4, 0.5) is 0 Å². The molecular formula is C16H25ClN2O. The van der Waals surface area contributed by atoms with Crippen LogP contribution in [0.3, 0.4) is 0 Å². The van der Waals surface area contributed by atoms with E-state index in [1.165, 1.54) is 25.7 Å². The summed E-state index contributed by atoms with van der Waals surface area (Å²) in [5.41, 5.74) is 7.16. The fourth-order valence-corrected chi connectivity index (χ4v) is 2.91. The lowest BCUT2D eigenvalue weighted by Crippen LogP contribution is -2.44. The minimum atomic E-state index is -0.422. The minimum absolute atomic E-state index is 0. The van der Waals surface area contributed by atoms with Gasteiger partial charge in [-0.05, 0) is 30.7 Å². The highest BCUT2D eigenvalue weighted by atomic mass is 35.5. The summed E-state index contributed by atoms with van der Waals surface area (Å²) in [6.07, 6.45) is 5.75. The van der Waals surface area contributed by atoms with Crippen molar-refractivity contribution in [2.75, 3.05) is 13.6 Å². The smallest absolute Gasteiger partial charge is 0.239 e. The second kappa shape index (κ2) is 8.28. The van der Waals surface area contributed by atoms with Crippen molar-refractivity contribution >= 4 is 18.3 Å². The van der Waals surface area contributed by atoms with Gasteiger partial charge in [0.15, 0.2) is 0 Å². The van der Waals surface area contributed by atoms with Gasteiger partial charge >= 0.3 is 0 Å². The molecule has 1 saturated carbocycles. The third-order valence-electron chi connectivity index (χ3n) is 4.00. The highest BCUT2D eigenvalue weighted by molar-refractivity contribution is 5.85. The number of carbonyl (C=O) groups is 1. The Hall–Kier alpha value is -1.06. The summed E-state index contributed by atoms with van der Waals surface area (Å²) in [6.45, 7) is 0.862. The van der Waals surface area contributed by atoms with Crippen molar-refractivity contribution in [1.82, 2.24) is 4.90 Å². The van der Waals surface area contributed by atoms with E-state index in [1.54, 1.807) is 0 Å². The van der Waals surface area contributed by atoms with Crippen LogP contribution in [-0.4, -0.2) is 30.4 Å². The normalized spacial score (nSPS) is 16.5. The van der Waals surface area contributed by atoms with Gasteiger partial charge in [0.2, 0.25) is 5.91 Å². The second-order valence-electron chi connectivity index (χ2n) is 5.67. The maximum atomic E-state index is 12.2. The quantitative estimate of drug-likeness (QED) is 0.908. The van der Waals surface area contributed by atoms with Gasteiger partial charge in [-0.3, -0.25) is 4.79 Å². The summed E-state index contributed by atoms with van der Waals surface area (Å²) in [7, 11) is 1.88. The van der Waals surface area contributed by atoms with E-state index >= 15 is 0 Å². The molecule has 20 heavy (non-hydrogen) atoms. The molecule has 4 heteroatoms. The molecule has 0 unspecified atom stereocenters. The molecule has 1 fully saturated rings. The third kappa shape index (κ3) is 4.80. The zero-order valence-electron chi connectivity index (χ0n) is 12.1. The standard InChI is InChI=1S/C16H24N2O.ClH/c1-18(12-14-9-5-6-10-14)16(19)15(17)11-13-7-3-2-4-8-13;/h2-4,7-8,14-15H,5-6,9-12,17H2,1H3;1H/t15-;/m0./s1. The van der Waals surface area contributed by atoms with Crippen molar-refractivity contribution in [3.05, 3.63) is 35.9 Å². The van der Waals surface area contributed by atoms with Gasteiger partial charge < -0.3 is 10.6 Å². The van der Waals surface area contributed by atoms with Crippen LogP contribution in [-0.2, 0) is 11.2 Å². The summed E-state index contributed by atoms with van der Waals surface area (Å²) in [4.78, 5) is 14.1. The molecule has 3 nitrogen and oxygen atoms in total. The average Bonchev–Trinajstić information content (AvgIpc) is 2.91. The molecule has 1 aliphatic carbocycles. The Balaban J connectivity index is 0.00000200. The zero-order chi connectivity index (χ0) is 13.7. The Morgan fingerprint density at radius 3 is 2.50 bits per heavy atom. The second-order valence-corrected chi connectivity index (χ2v) is 5.67. The molecule has 2 rings (SSSR count). The molecule has 1 aromatic rings. The number of halogens is 1. The molecule has 0 aliphatic heterocycles. The number of carbonyl (C=O) groups excluding carboxylic acids is 1. The maximum absolute atomic E-state index is 12.2. The predicted molar refractivity (Wildman–Crippen MR) is 85.0 cm³/mol. The van der Waals surface area contributed by atoms with Crippen molar-refractivity contribution in [2.24, 2.45) is 11.7 Å². The number of rotatable bonds is 5. The van der Waals surface area contributed by atoms with Crippen LogP contribution in [0.15, 0.2) is 30.3 Å². The third-order valence-corrected chi connectivity index (χ3v) is 4.00. The Morgan fingerprint density at radius 2 is 1.90 bits per heavy atom. The Morgan fingerprint density at radius 1 is 1.30 bits per heavy atom. The van der Waals surface area contributed by atoms with Gasteiger partial charge in [0, 0.05) is 13.6 Å². The summed E-state index contributed by atoms with van der Waals surface area (Å²) in [5.74, 6) is 0.744. The highest BCUT2D eigenvalue weighted by Crippen LogP contribution is 2.25. The van der Waals surface area contributed by atoms with Gasteiger partial charge in [-0.1, -0.05) is 43.2 Å². The molecule has 0 radical (unpaired) electrons. The molecule has 1 aliphatic rings. The molecule has 1 atom stereocenters. The first-order valence-corrected chi connectivity index (χ1v) is 7.21. The topological polar surface area (TPSA) is 46.3 Å². The zero-order valence-corrected chi connectivity index (χ0v) is 12.9. The van der Waals surface area contributed by atoms with Crippen LogP contribution in [0.25, 0.3) is 0 Å². The highest BCUT2D eigenvalue weighted by Gasteiger charge is 2.23. The maximum Gasteiger partial charge on any atom is 0.239 e. The number of benzene rings is 1. The van der Waals surface area contributed by atoms with Crippen LogP contribution in [0.5, 0.6) is 0 Å². The molecule has 0 heterocycles. The van der Waals surface area contributed by atoms with E-state index in [-0.39, 0.29) is 18.3 Å². The molecule has 0 aromatic heterocycles. The minimum Gasteiger partial charge on any atom is -0.344 e. The predicted octanol–water partition coefficient (Wildman–Crippen LogP) is 2.63. The first-order valence-electron chi connectivity index (χ1n) is 7.21. The number of amides is 1. The Labute approximate surface area is 127 Å². The first kappa shape index (κ1) is 17.0. The monoisotopic (exact) mass is 296 g/mol. The number of hydrogen-bond acceptors (Lipinski definition) is 2. The largest absolute Gasteiger partial charge is 0.344 e. The fourth-order valence-electron chi connectivity index (χ4n) is 2.91. The Bertz CT molecular complexity index is 404. The van der Waals surface area contributed by atoms with Crippen LogP contribution in [0, 0.1) is 5.92 Å². The van der Waals surface area contributed by atoms with Crippen LogP contribution in [0.2, 0.25) is 0 Å². The Kier molecular flexibility index (Phi) is 7.03. The van der Waals surface area contributed by atoms with Crippen LogP contribution >= 0.6 is 12.4 Å². The van der Waals surface area contributed by atoms with Crippen molar-refractivity contribution in [2.45, 2.75) is 38.1 Å². The van der Waals surface area contributed by atoms with E-state index in [9.17, 15) is 4.79 Å². The first-order chi connectivity index (χ1) is 9.16. The van der Waals surface area contributed by atoms with Gasteiger partial charge in [-0.25, -0.2) is 0 Å². The van der Waals surface area contributed by atoms with Crippen LogP contribution in [0.1, 0.15) is 31.2 Å². The lowest BCUT2D eigenvalue weighted by Gasteiger charge is -2.24. The van der Waals surface area contributed by atoms with Gasteiger partial charge in [0.05, 0.1) is 6.04 Å². The lowest BCUT2D eigenvalue weighted by molar-refractivity contribution is -0.131. The van der Waals surface area contributed by atoms with Gasteiger partial charge in [0.25, 0.3) is 0 Å². The summed E-state index contributed by atoms with van der Waals surface area (Å²) >= 11 is 0. The molecule has 1 amide bonds. The summed E-state index contributed by atoms with van der Waals surface area (Å²) in [6, 6.07) is 9.55. The van der Waals surface area contributed by atoms with Crippen molar-refractivity contribution < 1.29 is 4.79 Å². The fraction of sp³-hybridized carbons (Fsp3) is 0.562. The van der Waals surface area contributed by atoms with Crippen molar-refractivity contribution in [1.29, 1.82) is 0 Å². The van der Waals surface area contributed by atoms with Crippen LogP contribution < -0.4 is 5.73 Å². The molecule has 0 spiro atoms. The number of hydrogen-bond donors (Lipinski definition) is 1. The molecule has 0 saturated heterocycles. The number of nitrogens with two attached hydrogens (primary N) is 1. The number of nitrogens with zero attached hydrogens (tertiary/aromatic N) is 1. The summed E-state index contributed by atoms with van der Waals surface area (Å²) in [5, 5.41) is 0. The van der Waals surface area contributed by atoms with E-state index in [0.29, 0.717) is 12.3 Å². The SMILES string of the molecule is CN(CC1CCCC1)C(=O)[C@@H](N)Cc1ccccc1.Cl.